The molecule has 2 aliphatic rings. The monoisotopic (exact) mass is 393 g/mol. The number of aryl methyl sites for hydroxylation is 1. The molecule has 3 rings (SSSR count). The summed E-state index contributed by atoms with van der Waals surface area (Å²) in [6.45, 7) is 5.30. The van der Waals surface area contributed by atoms with E-state index >= 15 is 0 Å². The Kier molecular flexibility index (Phi) is 8.58. The van der Waals surface area contributed by atoms with E-state index in [2.05, 4.69) is 29.7 Å². The Morgan fingerprint density at radius 3 is 2.63 bits per heavy atom. The molecule has 0 radical (unpaired) electrons. The molecule has 0 aromatic heterocycles. The lowest BCUT2D eigenvalue weighted by atomic mass is 9.97. The highest BCUT2D eigenvalue weighted by Gasteiger charge is 2.26. The summed E-state index contributed by atoms with van der Waals surface area (Å²) in [6, 6.07) is 7.99. The molecule has 1 aromatic rings. The average Bonchev–Trinajstić information content (AvgIpc) is 3.22. The molecule has 2 atom stereocenters. The second kappa shape index (κ2) is 10.7. The van der Waals surface area contributed by atoms with E-state index in [-0.39, 0.29) is 30.3 Å². The van der Waals surface area contributed by atoms with Gasteiger partial charge >= 0.3 is 0 Å². The molecule has 2 fully saturated rings. The predicted octanol–water partition coefficient (Wildman–Crippen LogP) is 2.78. The first-order valence-corrected chi connectivity index (χ1v) is 10.1. The Labute approximate surface area is 168 Å². The van der Waals surface area contributed by atoms with E-state index in [0.29, 0.717) is 12.5 Å². The van der Waals surface area contributed by atoms with Gasteiger partial charge in [-0.05, 0) is 62.3 Å². The minimum Gasteiger partial charge on any atom is -0.354 e. The second-order valence-corrected chi connectivity index (χ2v) is 7.60. The van der Waals surface area contributed by atoms with Crippen LogP contribution in [0.25, 0.3) is 0 Å². The van der Waals surface area contributed by atoms with Crippen LogP contribution < -0.4 is 10.6 Å². The molecule has 2 amide bonds. The van der Waals surface area contributed by atoms with E-state index in [1.807, 2.05) is 17.0 Å². The Morgan fingerprint density at radius 1 is 1.19 bits per heavy atom. The fourth-order valence-electron chi connectivity index (χ4n) is 3.98. The first-order chi connectivity index (χ1) is 12.7. The van der Waals surface area contributed by atoms with Crippen LogP contribution in [-0.4, -0.2) is 48.9 Å². The standard InChI is InChI=1S/C21H31N3O2.ClH/c1-2-5-16-8-10-18(11-9-16)21(26)24-13-4-6-17(15-24)14-23-20(25)19-7-3-12-22-19;/h8-11,17,19,22H,2-7,12-15H2,1H3,(H,23,25);1H. The number of rotatable bonds is 6. The van der Waals surface area contributed by atoms with Crippen molar-refractivity contribution < 1.29 is 9.59 Å². The number of likely N-dealkylation sites (tertiary alicyclic amines) is 1. The predicted molar refractivity (Wildman–Crippen MR) is 110 cm³/mol. The summed E-state index contributed by atoms with van der Waals surface area (Å²) in [5.74, 6) is 0.566. The molecule has 0 saturated carbocycles. The molecule has 0 aliphatic carbocycles. The van der Waals surface area contributed by atoms with Crippen molar-refractivity contribution in [2.24, 2.45) is 5.92 Å². The largest absolute Gasteiger partial charge is 0.354 e. The quantitative estimate of drug-likeness (QED) is 0.781. The van der Waals surface area contributed by atoms with Crippen LogP contribution in [0.3, 0.4) is 0 Å². The van der Waals surface area contributed by atoms with Crippen molar-refractivity contribution in [3.8, 4) is 0 Å². The summed E-state index contributed by atoms with van der Waals surface area (Å²) in [5, 5.41) is 6.31. The van der Waals surface area contributed by atoms with E-state index in [1.165, 1.54) is 5.56 Å². The van der Waals surface area contributed by atoms with Gasteiger partial charge in [0.05, 0.1) is 6.04 Å². The molecule has 2 saturated heterocycles. The van der Waals surface area contributed by atoms with Crippen molar-refractivity contribution in [2.45, 2.75) is 51.5 Å². The molecule has 2 N–H and O–H groups in total. The number of hydrogen-bond acceptors (Lipinski definition) is 3. The Balaban J connectivity index is 0.00000261. The lowest BCUT2D eigenvalue weighted by Crippen LogP contribution is -2.46. The fraction of sp³-hybridized carbons (Fsp3) is 0.619. The van der Waals surface area contributed by atoms with Crippen LogP contribution in [0.2, 0.25) is 0 Å². The van der Waals surface area contributed by atoms with E-state index in [4.69, 9.17) is 0 Å². The Bertz CT molecular complexity index is 614. The van der Waals surface area contributed by atoms with Gasteiger partial charge in [-0.3, -0.25) is 9.59 Å². The number of amides is 2. The van der Waals surface area contributed by atoms with Crippen molar-refractivity contribution in [2.75, 3.05) is 26.2 Å². The molecule has 2 unspecified atom stereocenters. The summed E-state index contributed by atoms with van der Waals surface area (Å²) in [6.07, 6.45) is 6.23. The van der Waals surface area contributed by atoms with Gasteiger partial charge in [0.1, 0.15) is 0 Å². The maximum absolute atomic E-state index is 12.8. The van der Waals surface area contributed by atoms with Gasteiger partial charge < -0.3 is 15.5 Å². The number of carbonyl (C=O) groups is 2. The number of halogens is 1. The SMILES string of the molecule is CCCc1ccc(C(=O)N2CCCC(CNC(=O)C3CCCN3)C2)cc1.Cl. The van der Waals surface area contributed by atoms with E-state index in [9.17, 15) is 9.59 Å². The Hall–Kier alpha value is -1.59. The van der Waals surface area contributed by atoms with Gasteiger partial charge in [-0.25, -0.2) is 0 Å². The van der Waals surface area contributed by atoms with Crippen LogP contribution in [0.1, 0.15) is 54.9 Å². The number of nitrogens with one attached hydrogen (secondary N) is 2. The van der Waals surface area contributed by atoms with Gasteiger partial charge in [0, 0.05) is 25.2 Å². The topological polar surface area (TPSA) is 61.4 Å². The molecule has 6 heteroatoms. The van der Waals surface area contributed by atoms with Crippen molar-refractivity contribution in [1.82, 2.24) is 15.5 Å². The first-order valence-electron chi connectivity index (χ1n) is 10.1. The van der Waals surface area contributed by atoms with Crippen LogP contribution in [0.5, 0.6) is 0 Å². The summed E-state index contributed by atoms with van der Waals surface area (Å²) in [7, 11) is 0. The highest BCUT2D eigenvalue weighted by Crippen LogP contribution is 2.19. The van der Waals surface area contributed by atoms with E-state index < -0.39 is 0 Å². The van der Waals surface area contributed by atoms with Crippen molar-refractivity contribution in [3.05, 3.63) is 35.4 Å². The second-order valence-electron chi connectivity index (χ2n) is 7.60. The third kappa shape index (κ3) is 5.94. The molecule has 5 nitrogen and oxygen atoms in total. The number of hydrogen-bond donors (Lipinski definition) is 2. The van der Waals surface area contributed by atoms with E-state index in [0.717, 1.165) is 63.7 Å². The lowest BCUT2D eigenvalue weighted by molar-refractivity contribution is -0.123. The summed E-state index contributed by atoms with van der Waals surface area (Å²) in [4.78, 5) is 26.9. The van der Waals surface area contributed by atoms with Gasteiger partial charge in [-0.2, -0.15) is 0 Å². The van der Waals surface area contributed by atoms with E-state index in [1.54, 1.807) is 0 Å². The Morgan fingerprint density at radius 2 is 1.96 bits per heavy atom. The maximum atomic E-state index is 12.8. The average molecular weight is 394 g/mol. The maximum Gasteiger partial charge on any atom is 0.253 e. The third-order valence-corrected chi connectivity index (χ3v) is 5.49. The molecule has 2 aliphatic heterocycles. The number of benzene rings is 1. The van der Waals surface area contributed by atoms with Gasteiger partial charge in [0.15, 0.2) is 0 Å². The highest BCUT2D eigenvalue weighted by molar-refractivity contribution is 5.94. The van der Waals surface area contributed by atoms with Gasteiger partial charge in [0.25, 0.3) is 5.91 Å². The van der Waals surface area contributed by atoms with Gasteiger partial charge in [0.2, 0.25) is 5.91 Å². The molecule has 1 aromatic carbocycles. The fourth-order valence-corrected chi connectivity index (χ4v) is 3.98. The van der Waals surface area contributed by atoms with Crippen molar-refractivity contribution in [3.63, 3.8) is 0 Å². The number of carbonyl (C=O) groups excluding carboxylic acids is 2. The highest BCUT2D eigenvalue weighted by atomic mass is 35.5. The zero-order chi connectivity index (χ0) is 18.4. The molecular weight excluding hydrogens is 362 g/mol. The molecule has 2 heterocycles. The minimum absolute atomic E-state index is 0. The van der Waals surface area contributed by atoms with Crippen LogP contribution in [0.15, 0.2) is 24.3 Å². The third-order valence-electron chi connectivity index (χ3n) is 5.49. The zero-order valence-electron chi connectivity index (χ0n) is 16.2. The van der Waals surface area contributed by atoms with Crippen LogP contribution >= 0.6 is 12.4 Å². The molecule has 150 valence electrons. The van der Waals surface area contributed by atoms with Gasteiger partial charge in [-0.15, -0.1) is 12.4 Å². The van der Waals surface area contributed by atoms with Crippen molar-refractivity contribution >= 4 is 24.2 Å². The van der Waals surface area contributed by atoms with Crippen molar-refractivity contribution in [1.29, 1.82) is 0 Å². The lowest BCUT2D eigenvalue weighted by Gasteiger charge is -2.33. The van der Waals surface area contributed by atoms with Crippen LogP contribution in [0.4, 0.5) is 0 Å². The zero-order valence-corrected chi connectivity index (χ0v) is 17.0. The van der Waals surface area contributed by atoms with Crippen LogP contribution in [-0.2, 0) is 11.2 Å². The number of piperidine rings is 1. The van der Waals surface area contributed by atoms with Crippen LogP contribution in [0, 0.1) is 5.92 Å². The minimum atomic E-state index is -0.0297. The molecular formula is C21H32ClN3O2. The summed E-state index contributed by atoms with van der Waals surface area (Å²) in [5.41, 5.74) is 2.05. The summed E-state index contributed by atoms with van der Waals surface area (Å²) >= 11 is 0. The molecule has 0 bridgehead atoms. The smallest absolute Gasteiger partial charge is 0.253 e. The first kappa shape index (κ1) is 21.7. The van der Waals surface area contributed by atoms with Gasteiger partial charge in [-0.1, -0.05) is 25.5 Å². The normalized spacial score (nSPS) is 22.2. The molecule has 0 spiro atoms. The number of nitrogens with zero attached hydrogens (tertiary/aromatic N) is 1. The summed E-state index contributed by atoms with van der Waals surface area (Å²) < 4.78 is 0. The molecule has 27 heavy (non-hydrogen) atoms.